The summed E-state index contributed by atoms with van der Waals surface area (Å²) in [6.45, 7) is 5.95. The maximum atomic E-state index is 13.0. The van der Waals surface area contributed by atoms with Crippen molar-refractivity contribution in [1.82, 2.24) is 20.2 Å². The van der Waals surface area contributed by atoms with Gasteiger partial charge in [0.15, 0.2) is 0 Å². The van der Waals surface area contributed by atoms with E-state index >= 15 is 0 Å². The van der Waals surface area contributed by atoms with Crippen LogP contribution in [0.25, 0.3) is 0 Å². The van der Waals surface area contributed by atoms with E-state index in [4.69, 9.17) is 4.74 Å². The number of carbonyl (C=O) groups is 1. The van der Waals surface area contributed by atoms with E-state index in [9.17, 15) is 13.6 Å². The lowest BCUT2D eigenvalue weighted by Gasteiger charge is -2.30. The van der Waals surface area contributed by atoms with Crippen LogP contribution in [-0.2, 0) is 24.1 Å². The molecule has 1 aliphatic carbocycles. The Balaban J connectivity index is 1.12. The van der Waals surface area contributed by atoms with Gasteiger partial charge in [-0.1, -0.05) is 11.3 Å². The quantitative estimate of drug-likeness (QED) is 0.470. The second kappa shape index (κ2) is 12.1. The molecular formula is C25H36F2N4O2S2. The number of ether oxygens (including phenoxy) is 1. The van der Waals surface area contributed by atoms with E-state index in [1.165, 1.54) is 35.5 Å². The van der Waals surface area contributed by atoms with Gasteiger partial charge in [0.1, 0.15) is 0 Å². The number of nitrogens with one attached hydrogen (secondary N) is 1. The Morgan fingerprint density at radius 3 is 2.71 bits per heavy atom. The fourth-order valence-electron chi connectivity index (χ4n) is 4.87. The van der Waals surface area contributed by atoms with Crippen LogP contribution in [-0.4, -0.2) is 59.0 Å². The topological polar surface area (TPSA) is 67.4 Å². The van der Waals surface area contributed by atoms with Crippen molar-refractivity contribution < 1.29 is 18.3 Å². The number of rotatable bonds is 10. The molecular weight excluding hydrogens is 490 g/mol. The van der Waals surface area contributed by atoms with E-state index in [0.29, 0.717) is 17.7 Å². The van der Waals surface area contributed by atoms with Gasteiger partial charge in [-0.2, -0.15) is 0 Å². The largest absolute Gasteiger partial charge is 0.470 e. The highest BCUT2D eigenvalue weighted by atomic mass is 32.1. The molecule has 0 bridgehead atoms. The Kier molecular flexibility index (Phi) is 9.10. The summed E-state index contributed by atoms with van der Waals surface area (Å²) in [4.78, 5) is 25.9. The van der Waals surface area contributed by atoms with Crippen molar-refractivity contribution in [2.45, 2.75) is 83.6 Å². The van der Waals surface area contributed by atoms with Gasteiger partial charge in [-0.05, 0) is 64.8 Å². The molecule has 0 atom stereocenters. The third-order valence-corrected chi connectivity index (χ3v) is 8.90. The Bertz CT molecular complexity index is 942. The molecule has 1 N–H and O–H groups in total. The predicted octanol–water partition coefficient (Wildman–Crippen LogP) is 5.04. The highest BCUT2D eigenvalue weighted by Crippen LogP contribution is 2.30. The van der Waals surface area contributed by atoms with Gasteiger partial charge in [0.25, 0.3) is 5.19 Å². The normalized spacial score (nSPS) is 21.4. The van der Waals surface area contributed by atoms with E-state index in [1.807, 2.05) is 6.92 Å². The van der Waals surface area contributed by atoms with Crippen LogP contribution in [0.2, 0.25) is 0 Å². The molecule has 2 aliphatic rings. The number of aromatic nitrogens is 2. The Hall–Kier alpha value is -1.65. The zero-order valence-electron chi connectivity index (χ0n) is 20.7. The molecule has 2 aromatic heterocycles. The minimum absolute atomic E-state index is 0.000242. The first-order valence-electron chi connectivity index (χ1n) is 12.7. The van der Waals surface area contributed by atoms with Crippen LogP contribution in [0.4, 0.5) is 8.78 Å². The monoisotopic (exact) mass is 526 g/mol. The smallest absolute Gasteiger partial charge is 0.273 e. The number of aryl methyl sites for hydroxylation is 1. The fraction of sp³-hybridized carbons (Fsp3) is 0.720. The number of amides is 1. The Morgan fingerprint density at radius 2 is 2.00 bits per heavy atom. The summed E-state index contributed by atoms with van der Waals surface area (Å²) in [6, 6.07) is 0.299. The van der Waals surface area contributed by atoms with Crippen molar-refractivity contribution in [1.29, 1.82) is 0 Å². The molecule has 0 spiro atoms. The van der Waals surface area contributed by atoms with Crippen LogP contribution in [0.15, 0.2) is 6.20 Å². The van der Waals surface area contributed by atoms with Gasteiger partial charge in [-0.25, -0.2) is 18.7 Å². The number of alkyl halides is 2. The average molecular weight is 527 g/mol. The van der Waals surface area contributed by atoms with E-state index in [-0.39, 0.29) is 18.9 Å². The lowest BCUT2D eigenvalue weighted by atomic mass is 9.84. The first-order valence-corrected chi connectivity index (χ1v) is 14.3. The summed E-state index contributed by atoms with van der Waals surface area (Å²) >= 11 is 3.10. The van der Waals surface area contributed by atoms with Gasteiger partial charge in [0, 0.05) is 47.9 Å². The number of thiazole rings is 2. The van der Waals surface area contributed by atoms with Gasteiger partial charge >= 0.3 is 0 Å². The number of hydrogen-bond acceptors (Lipinski definition) is 7. The molecule has 3 heterocycles. The van der Waals surface area contributed by atoms with Crippen molar-refractivity contribution in [3.63, 3.8) is 0 Å². The molecule has 1 saturated carbocycles. The minimum Gasteiger partial charge on any atom is -0.470 e. The number of fused-ring (bicyclic) bond motifs is 1. The summed E-state index contributed by atoms with van der Waals surface area (Å²) in [5.74, 6) is -1.87. The third kappa shape index (κ3) is 8.46. The number of carbonyl (C=O) groups excluding carboxylic acids is 1. The van der Waals surface area contributed by atoms with Gasteiger partial charge < -0.3 is 15.0 Å². The van der Waals surface area contributed by atoms with Crippen LogP contribution in [0.3, 0.4) is 0 Å². The Labute approximate surface area is 214 Å². The number of nitrogens with zero attached hydrogens (tertiary/aromatic N) is 3. The molecule has 0 aromatic carbocycles. The molecule has 4 rings (SSSR count). The summed E-state index contributed by atoms with van der Waals surface area (Å²) in [6.07, 6.45) is 9.44. The zero-order valence-corrected chi connectivity index (χ0v) is 22.3. The molecule has 1 fully saturated rings. The zero-order chi connectivity index (χ0) is 24.8. The summed E-state index contributed by atoms with van der Waals surface area (Å²) in [5.41, 5.74) is 1.07. The van der Waals surface area contributed by atoms with Crippen molar-refractivity contribution in [2.75, 3.05) is 26.2 Å². The highest BCUT2D eigenvalue weighted by Gasteiger charge is 2.25. The van der Waals surface area contributed by atoms with Crippen LogP contribution < -0.4 is 10.1 Å². The van der Waals surface area contributed by atoms with E-state index in [0.717, 1.165) is 73.7 Å². The molecule has 1 aliphatic heterocycles. The fourth-order valence-corrected chi connectivity index (χ4v) is 6.63. The molecule has 6 nitrogen and oxygen atoms in total. The van der Waals surface area contributed by atoms with Crippen LogP contribution >= 0.6 is 22.7 Å². The number of halogens is 2. The van der Waals surface area contributed by atoms with Crippen molar-refractivity contribution in [2.24, 2.45) is 5.92 Å². The molecule has 10 heteroatoms. The molecule has 0 radical (unpaired) electrons. The summed E-state index contributed by atoms with van der Waals surface area (Å²) in [7, 11) is 0. The van der Waals surface area contributed by atoms with Crippen LogP contribution in [0, 0.1) is 12.8 Å². The predicted molar refractivity (Wildman–Crippen MR) is 136 cm³/mol. The first kappa shape index (κ1) is 26.4. The molecule has 2 aromatic rings. The maximum Gasteiger partial charge on any atom is 0.273 e. The maximum absolute atomic E-state index is 13.0. The summed E-state index contributed by atoms with van der Waals surface area (Å²) < 4.78 is 31.4. The van der Waals surface area contributed by atoms with Gasteiger partial charge in [0.2, 0.25) is 11.8 Å². The standard InChI is InChI=1S/C25H36F2N4O2S2/c1-17-28-16-20(34-17)15-23(32)29-19-5-3-18(4-6-19)7-11-31-12-8-21-22(9-13-31)35-24(30-21)33-14-10-25(2,26)27/h16,18-19H,3-15H2,1-2H3,(H,29,32)/t18-,19-. The van der Waals surface area contributed by atoms with Gasteiger partial charge in [-0.15, -0.1) is 11.3 Å². The third-order valence-electron chi connectivity index (χ3n) is 6.91. The van der Waals surface area contributed by atoms with Gasteiger partial charge in [0.05, 0.1) is 23.7 Å². The SMILES string of the molecule is Cc1ncc(CC(=O)N[C@H]2CC[C@H](CCN3CCc4nc(OCCC(C)(F)F)sc4CC3)CC2)s1. The van der Waals surface area contributed by atoms with Crippen LogP contribution in [0.1, 0.15) is 65.9 Å². The van der Waals surface area contributed by atoms with Gasteiger partial charge in [-0.3, -0.25) is 4.79 Å². The molecule has 1 amide bonds. The lowest BCUT2D eigenvalue weighted by molar-refractivity contribution is -0.121. The van der Waals surface area contributed by atoms with Crippen molar-refractivity contribution in [3.8, 4) is 5.19 Å². The summed E-state index contributed by atoms with van der Waals surface area (Å²) in [5, 5.41) is 4.75. The minimum atomic E-state index is -2.70. The Morgan fingerprint density at radius 1 is 1.23 bits per heavy atom. The number of hydrogen-bond donors (Lipinski definition) is 1. The van der Waals surface area contributed by atoms with Crippen molar-refractivity contribution >= 4 is 28.6 Å². The van der Waals surface area contributed by atoms with Crippen molar-refractivity contribution in [3.05, 3.63) is 26.7 Å². The molecule has 35 heavy (non-hydrogen) atoms. The van der Waals surface area contributed by atoms with E-state index in [2.05, 4.69) is 20.2 Å². The first-order chi connectivity index (χ1) is 16.7. The van der Waals surface area contributed by atoms with E-state index < -0.39 is 5.92 Å². The molecule has 0 saturated heterocycles. The van der Waals surface area contributed by atoms with E-state index in [1.54, 1.807) is 17.5 Å². The molecule has 194 valence electrons. The lowest BCUT2D eigenvalue weighted by Crippen LogP contribution is -2.38. The second-order valence-electron chi connectivity index (χ2n) is 9.96. The second-order valence-corrected chi connectivity index (χ2v) is 12.3. The highest BCUT2D eigenvalue weighted by molar-refractivity contribution is 7.13. The average Bonchev–Trinajstić information content (AvgIpc) is 3.33. The van der Waals surface area contributed by atoms with Crippen LogP contribution in [0.5, 0.6) is 5.19 Å². The molecule has 0 unspecified atom stereocenters.